The van der Waals surface area contributed by atoms with Gasteiger partial charge in [-0.3, -0.25) is 19.8 Å². The zero-order valence-corrected chi connectivity index (χ0v) is 18.3. The zero-order valence-electron chi connectivity index (χ0n) is 17.5. The predicted octanol–water partition coefficient (Wildman–Crippen LogP) is 3.74. The van der Waals surface area contributed by atoms with E-state index in [4.69, 9.17) is 0 Å². The van der Waals surface area contributed by atoms with Gasteiger partial charge < -0.3 is 4.90 Å². The van der Waals surface area contributed by atoms with Crippen molar-refractivity contribution in [1.29, 1.82) is 0 Å². The molecule has 0 bridgehead atoms. The molecule has 5 rings (SSSR count). The number of amides is 1. The van der Waals surface area contributed by atoms with Crippen LogP contribution in [0.25, 0.3) is 22.3 Å². The lowest BCUT2D eigenvalue weighted by molar-refractivity contribution is -0.131. The summed E-state index contributed by atoms with van der Waals surface area (Å²) < 4.78 is 16.4. The number of carbonyl (C=O) groups is 1. The second-order valence-electron chi connectivity index (χ2n) is 8.36. The van der Waals surface area contributed by atoms with Crippen molar-refractivity contribution in [2.75, 3.05) is 13.6 Å². The molecular formula is C23H25ClFN5O. The maximum Gasteiger partial charge on any atom is 0.242 e. The van der Waals surface area contributed by atoms with E-state index in [0.717, 1.165) is 48.2 Å². The van der Waals surface area contributed by atoms with E-state index in [-0.39, 0.29) is 30.2 Å². The van der Waals surface area contributed by atoms with Crippen molar-refractivity contribution in [3.05, 3.63) is 60.4 Å². The number of aromatic nitrogens is 3. The predicted molar refractivity (Wildman–Crippen MR) is 119 cm³/mol. The fourth-order valence-electron chi connectivity index (χ4n) is 4.69. The number of nitrogens with zero attached hydrogens (tertiary/aromatic N) is 4. The highest BCUT2D eigenvalue weighted by atomic mass is 35.5. The normalized spacial score (nSPS) is 22.9. The number of likely N-dealkylation sites (N-methyl/N-ethyl adjacent to an activating group) is 1. The van der Waals surface area contributed by atoms with Gasteiger partial charge in [-0.15, -0.1) is 12.4 Å². The molecule has 2 aliphatic heterocycles. The van der Waals surface area contributed by atoms with Crippen molar-refractivity contribution in [3.63, 3.8) is 0 Å². The molecule has 1 spiro atoms. The van der Waals surface area contributed by atoms with Crippen molar-refractivity contribution in [2.45, 2.75) is 30.8 Å². The molecule has 2 aromatic heterocycles. The molecule has 0 saturated carbocycles. The van der Waals surface area contributed by atoms with Crippen LogP contribution in [0.3, 0.4) is 0 Å². The van der Waals surface area contributed by atoms with Crippen LogP contribution in [0.4, 0.5) is 4.39 Å². The third-order valence-electron chi connectivity index (χ3n) is 6.39. The monoisotopic (exact) mass is 441 g/mol. The second-order valence-corrected chi connectivity index (χ2v) is 8.36. The third kappa shape index (κ3) is 3.72. The summed E-state index contributed by atoms with van der Waals surface area (Å²) in [5.74, 6) is -0.111. The fraction of sp³-hybridized carbons (Fsp3) is 0.348. The summed E-state index contributed by atoms with van der Waals surface area (Å²) in [6.07, 6.45) is 7.86. The second kappa shape index (κ2) is 8.05. The van der Waals surface area contributed by atoms with E-state index in [1.807, 2.05) is 38.5 Å². The number of hydrogen-bond acceptors (Lipinski definition) is 4. The number of likely N-dealkylation sites (tertiary alicyclic amines) is 1. The molecule has 6 nitrogen and oxygen atoms in total. The Balaban J connectivity index is 0.00000231. The molecular weight excluding hydrogens is 417 g/mol. The summed E-state index contributed by atoms with van der Waals surface area (Å²) in [5, 5.41) is 7.74. The van der Waals surface area contributed by atoms with Crippen LogP contribution in [0.1, 0.15) is 31.0 Å². The lowest BCUT2D eigenvalue weighted by Crippen LogP contribution is -2.47. The summed E-state index contributed by atoms with van der Waals surface area (Å²) >= 11 is 0. The van der Waals surface area contributed by atoms with Crippen LogP contribution in [-0.2, 0) is 11.8 Å². The summed E-state index contributed by atoms with van der Waals surface area (Å²) in [6, 6.07) is 8.87. The van der Waals surface area contributed by atoms with Gasteiger partial charge in [0.05, 0.1) is 17.9 Å². The van der Waals surface area contributed by atoms with Gasteiger partial charge in [-0.05, 0) is 54.7 Å². The quantitative estimate of drug-likeness (QED) is 0.672. The Morgan fingerprint density at radius 3 is 2.68 bits per heavy atom. The van der Waals surface area contributed by atoms with Gasteiger partial charge in [0.15, 0.2) is 0 Å². The van der Waals surface area contributed by atoms with Crippen molar-refractivity contribution < 1.29 is 9.18 Å². The lowest BCUT2D eigenvalue weighted by atomic mass is 9.96. The summed E-state index contributed by atoms with van der Waals surface area (Å²) in [7, 11) is 3.71. The van der Waals surface area contributed by atoms with E-state index < -0.39 is 5.54 Å². The molecule has 4 heterocycles. The molecule has 2 atom stereocenters. The molecule has 2 saturated heterocycles. The molecule has 1 aromatic carbocycles. The highest BCUT2D eigenvalue weighted by Crippen LogP contribution is 2.39. The van der Waals surface area contributed by atoms with Crippen LogP contribution in [0.15, 0.2) is 48.9 Å². The first kappa shape index (κ1) is 21.5. The number of hydrogen-bond donors (Lipinski definition) is 1. The Kier molecular flexibility index (Phi) is 5.58. The van der Waals surface area contributed by atoms with Gasteiger partial charge in [0.25, 0.3) is 0 Å². The highest BCUT2D eigenvalue weighted by Gasteiger charge is 2.50. The third-order valence-corrected chi connectivity index (χ3v) is 6.39. The van der Waals surface area contributed by atoms with E-state index in [9.17, 15) is 9.18 Å². The Hall–Kier alpha value is -2.77. The van der Waals surface area contributed by atoms with Crippen LogP contribution >= 0.6 is 12.4 Å². The van der Waals surface area contributed by atoms with Gasteiger partial charge in [-0.2, -0.15) is 5.10 Å². The van der Waals surface area contributed by atoms with Crippen LogP contribution in [-0.4, -0.2) is 44.7 Å². The molecule has 1 N–H and O–H groups in total. The maximum atomic E-state index is 14.7. The first-order valence-electron chi connectivity index (χ1n) is 10.2. The minimum Gasteiger partial charge on any atom is -0.344 e. The molecule has 1 amide bonds. The maximum absolute atomic E-state index is 14.7. The summed E-state index contributed by atoms with van der Waals surface area (Å²) in [6.45, 7) is 0.776. The van der Waals surface area contributed by atoms with E-state index in [1.165, 1.54) is 6.07 Å². The summed E-state index contributed by atoms with van der Waals surface area (Å²) in [4.78, 5) is 18.9. The van der Waals surface area contributed by atoms with Crippen LogP contribution < -0.4 is 5.32 Å². The number of halogens is 2. The Morgan fingerprint density at radius 1 is 1.13 bits per heavy atom. The average molecular weight is 442 g/mol. The van der Waals surface area contributed by atoms with Crippen LogP contribution in [0, 0.1) is 5.82 Å². The molecule has 3 aromatic rings. The molecule has 2 aliphatic rings. The molecule has 0 radical (unpaired) electrons. The smallest absolute Gasteiger partial charge is 0.242 e. The number of nitrogens with one attached hydrogen (secondary N) is 1. The molecule has 2 fully saturated rings. The number of aryl methyl sites for hydroxylation is 1. The molecule has 0 aliphatic carbocycles. The summed E-state index contributed by atoms with van der Waals surface area (Å²) in [5.41, 5.74) is 3.54. The van der Waals surface area contributed by atoms with Crippen LogP contribution in [0.5, 0.6) is 0 Å². The average Bonchev–Trinajstić information content (AvgIpc) is 3.45. The van der Waals surface area contributed by atoms with E-state index in [0.29, 0.717) is 5.56 Å². The van der Waals surface area contributed by atoms with Gasteiger partial charge in [-0.1, -0.05) is 6.07 Å². The van der Waals surface area contributed by atoms with Gasteiger partial charge >= 0.3 is 0 Å². The number of benzene rings is 1. The van der Waals surface area contributed by atoms with Gasteiger partial charge in [-0.25, -0.2) is 4.39 Å². The van der Waals surface area contributed by atoms with E-state index in [2.05, 4.69) is 15.4 Å². The highest BCUT2D eigenvalue weighted by molar-refractivity contribution is 5.88. The Labute approximate surface area is 186 Å². The standard InChI is InChI=1S/C23H24FN5O.ClH/c1-28-10-8-23(22(28)30)7-5-20(27-23)21-12-16(6-9-25-21)18-11-15(3-4-19(18)24)17-13-26-29(2)14-17;/h3-4,6,9,11-14,20,27H,5,7-8,10H2,1-2H3;1H/t20-,23+;/m1./s1. The topological polar surface area (TPSA) is 63.1 Å². The van der Waals surface area contributed by atoms with E-state index in [1.54, 1.807) is 28.0 Å². The Morgan fingerprint density at radius 2 is 1.97 bits per heavy atom. The Bertz CT molecular complexity index is 1130. The minimum atomic E-state index is -0.470. The van der Waals surface area contributed by atoms with Crippen molar-refractivity contribution in [2.24, 2.45) is 7.05 Å². The first-order valence-corrected chi connectivity index (χ1v) is 10.2. The molecule has 8 heteroatoms. The van der Waals surface area contributed by atoms with Gasteiger partial charge in [0, 0.05) is 44.2 Å². The minimum absolute atomic E-state index is 0. The van der Waals surface area contributed by atoms with Gasteiger partial charge in [0.2, 0.25) is 5.91 Å². The first-order chi connectivity index (χ1) is 14.4. The molecule has 0 unspecified atom stereocenters. The lowest BCUT2D eigenvalue weighted by Gasteiger charge is -2.23. The number of carbonyl (C=O) groups excluding carboxylic acids is 1. The van der Waals surface area contributed by atoms with Crippen LogP contribution in [0.2, 0.25) is 0 Å². The van der Waals surface area contributed by atoms with Crippen molar-refractivity contribution >= 4 is 18.3 Å². The molecule has 31 heavy (non-hydrogen) atoms. The zero-order chi connectivity index (χ0) is 20.9. The van der Waals surface area contributed by atoms with E-state index >= 15 is 0 Å². The fourth-order valence-corrected chi connectivity index (χ4v) is 4.69. The van der Waals surface area contributed by atoms with Crippen molar-refractivity contribution in [3.8, 4) is 22.3 Å². The largest absolute Gasteiger partial charge is 0.344 e. The van der Waals surface area contributed by atoms with Crippen molar-refractivity contribution in [1.82, 2.24) is 25.0 Å². The SMILES string of the molecule is CN1CC[C@@]2(CC[C@H](c3cc(-c4cc(-c5cnn(C)c5)ccc4F)ccn3)N2)C1=O.Cl. The molecule has 162 valence electrons. The number of pyridine rings is 1. The van der Waals surface area contributed by atoms with Gasteiger partial charge in [0.1, 0.15) is 11.4 Å². The number of rotatable bonds is 3.